The first kappa shape index (κ1) is 14.4. The van der Waals surface area contributed by atoms with E-state index in [0.29, 0.717) is 12.5 Å². The second-order valence-electron chi connectivity index (χ2n) is 6.20. The quantitative estimate of drug-likeness (QED) is 0.799. The highest BCUT2D eigenvalue weighted by Gasteiger charge is 2.22. The second-order valence-corrected chi connectivity index (χ2v) is 6.20. The fourth-order valence-electron chi connectivity index (χ4n) is 3.47. The summed E-state index contributed by atoms with van der Waals surface area (Å²) in [5, 5.41) is 3.41. The van der Waals surface area contributed by atoms with E-state index in [9.17, 15) is 4.39 Å². The first-order valence-electron chi connectivity index (χ1n) is 8.21. The molecule has 0 radical (unpaired) electrons. The maximum Gasteiger partial charge on any atom is 0.123 e. The predicted octanol–water partition coefficient (Wildman–Crippen LogP) is 3.69. The van der Waals surface area contributed by atoms with Crippen molar-refractivity contribution in [3.8, 4) is 0 Å². The molecule has 2 aromatic carbocycles. The van der Waals surface area contributed by atoms with Crippen LogP contribution < -0.4 is 5.32 Å². The highest BCUT2D eigenvalue weighted by Crippen LogP contribution is 2.29. The van der Waals surface area contributed by atoms with Crippen LogP contribution in [0.4, 0.5) is 4.39 Å². The molecule has 1 aromatic heterocycles. The third kappa shape index (κ3) is 2.86. The molecule has 0 unspecified atom stereocenters. The van der Waals surface area contributed by atoms with Crippen molar-refractivity contribution in [1.29, 1.82) is 0 Å². The van der Waals surface area contributed by atoms with E-state index < -0.39 is 0 Å². The Bertz CT molecular complexity index is 818. The van der Waals surface area contributed by atoms with Crippen molar-refractivity contribution in [2.24, 2.45) is 0 Å². The van der Waals surface area contributed by atoms with Crippen LogP contribution in [0.15, 0.2) is 48.5 Å². The number of nitrogens with one attached hydrogen (secondary N) is 1. The Kier molecular flexibility index (Phi) is 3.83. The Morgan fingerprint density at radius 2 is 1.91 bits per heavy atom. The van der Waals surface area contributed by atoms with Gasteiger partial charge in [-0.25, -0.2) is 9.37 Å². The van der Waals surface area contributed by atoms with Crippen molar-refractivity contribution < 1.29 is 4.39 Å². The van der Waals surface area contributed by atoms with Crippen molar-refractivity contribution in [1.82, 2.24) is 14.9 Å². The van der Waals surface area contributed by atoms with Crippen LogP contribution in [0.1, 0.15) is 30.1 Å². The zero-order valence-corrected chi connectivity index (χ0v) is 13.0. The fourth-order valence-corrected chi connectivity index (χ4v) is 3.47. The van der Waals surface area contributed by atoms with Gasteiger partial charge in [-0.05, 0) is 55.8 Å². The molecule has 0 aliphatic carbocycles. The van der Waals surface area contributed by atoms with E-state index in [4.69, 9.17) is 4.98 Å². The Morgan fingerprint density at radius 1 is 1.09 bits per heavy atom. The summed E-state index contributed by atoms with van der Waals surface area (Å²) in [7, 11) is 0. The van der Waals surface area contributed by atoms with Crippen molar-refractivity contribution in [3.05, 3.63) is 65.7 Å². The summed E-state index contributed by atoms with van der Waals surface area (Å²) in [6, 6.07) is 15.1. The van der Waals surface area contributed by atoms with Crippen LogP contribution in [0, 0.1) is 5.82 Å². The molecular weight excluding hydrogens is 289 g/mol. The van der Waals surface area contributed by atoms with Gasteiger partial charge in [-0.15, -0.1) is 0 Å². The number of halogens is 1. The van der Waals surface area contributed by atoms with E-state index >= 15 is 0 Å². The van der Waals surface area contributed by atoms with Crippen LogP contribution >= 0.6 is 0 Å². The van der Waals surface area contributed by atoms with Crippen molar-refractivity contribution in [2.75, 3.05) is 13.1 Å². The van der Waals surface area contributed by atoms with Gasteiger partial charge in [0, 0.05) is 12.5 Å². The summed E-state index contributed by atoms with van der Waals surface area (Å²) in [6.45, 7) is 2.74. The number of rotatable bonds is 3. The molecule has 118 valence electrons. The third-order valence-corrected chi connectivity index (χ3v) is 4.62. The maximum absolute atomic E-state index is 13.5. The number of imidazole rings is 1. The largest absolute Gasteiger partial charge is 0.323 e. The van der Waals surface area contributed by atoms with Gasteiger partial charge >= 0.3 is 0 Å². The van der Waals surface area contributed by atoms with E-state index in [1.54, 1.807) is 12.1 Å². The van der Waals surface area contributed by atoms with Crippen LogP contribution in [0.5, 0.6) is 0 Å². The van der Waals surface area contributed by atoms with E-state index in [1.807, 2.05) is 18.2 Å². The minimum Gasteiger partial charge on any atom is -0.323 e. The fraction of sp³-hybridized carbons (Fsp3) is 0.316. The van der Waals surface area contributed by atoms with Crippen molar-refractivity contribution in [2.45, 2.75) is 25.3 Å². The molecule has 4 heteroatoms. The monoisotopic (exact) mass is 309 g/mol. The van der Waals surface area contributed by atoms with Gasteiger partial charge in [-0.3, -0.25) is 0 Å². The van der Waals surface area contributed by atoms with Gasteiger partial charge in [0.2, 0.25) is 0 Å². The zero-order chi connectivity index (χ0) is 15.6. The summed E-state index contributed by atoms with van der Waals surface area (Å²) in [6.07, 6.45) is 2.21. The van der Waals surface area contributed by atoms with Gasteiger partial charge < -0.3 is 9.88 Å². The van der Waals surface area contributed by atoms with E-state index in [1.165, 1.54) is 6.07 Å². The van der Waals surface area contributed by atoms with Gasteiger partial charge in [0.25, 0.3) is 0 Å². The van der Waals surface area contributed by atoms with Crippen LogP contribution in [-0.4, -0.2) is 22.6 Å². The lowest BCUT2D eigenvalue weighted by atomic mass is 9.97. The van der Waals surface area contributed by atoms with Crippen LogP contribution in [-0.2, 0) is 6.54 Å². The van der Waals surface area contributed by atoms with Crippen molar-refractivity contribution >= 4 is 11.0 Å². The first-order valence-corrected chi connectivity index (χ1v) is 8.21. The van der Waals surface area contributed by atoms with Gasteiger partial charge in [0.15, 0.2) is 0 Å². The lowest BCUT2D eigenvalue weighted by Crippen LogP contribution is -2.28. The Hall–Kier alpha value is -2.20. The van der Waals surface area contributed by atoms with Gasteiger partial charge in [0.1, 0.15) is 11.6 Å². The van der Waals surface area contributed by atoms with E-state index in [2.05, 4.69) is 22.0 Å². The highest BCUT2D eigenvalue weighted by atomic mass is 19.1. The van der Waals surface area contributed by atoms with E-state index in [-0.39, 0.29) is 5.82 Å². The average molecular weight is 309 g/mol. The molecule has 0 saturated carbocycles. The summed E-state index contributed by atoms with van der Waals surface area (Å²) in [5.41, 5.74) is 3.13. The van der Waals surface area contributed by atoms with Gasteiger partial charge in [0.05, 0.1) is 11.0 Å². The van der Waals surface area contributed by atoms with Gasteiger partial charge in [-0.2, -0.15) is 0 Å². The number of hydrogen-bond acceptors (Lipinski definition) is 2. The molecule has 0 amide bonds. The molecule has 0 atom stereocenters. The summed E-state index contributed by atoms with van der Waals surface area (Å²) in [5.74, 6) is 1.42. The molecule has 1 saturated heterocycles. The number of hydrogen-bond donors (Lipinski definition) is 1. The van der Waals surface area contributed by atoms with Crippen LogP contribution in [0.3, 0.4) is 0 Å². The van der Waals surface area contributed by atoms with Crippen LogP contribution in [0.2, 0.25) is 0 Å². The summed E-state index contributed by atoms with van der Waals surface area (Å²) < 4.78 is 15.8. The second kappa shape index (κ2) is 6.13. The Balaban J connectivity index is 1.79. The minimum absolute atomic E-state index is 0.185. The summed E-state index contributed by atoms with van der Waals surface area (Å²) >= 11 is 0. The molecule has 2 heterocycles. The molecule has 3 aromatic rings. The lowest BCUT2D eigenvalue weighted by Gasteiger charge is -2.23. The zero-order valence-electron chi connectivity index (χ0n) is 13.0. The third-order valence-electron chi connectivity index (χ3n) is 4.62. The number of nitrogens with zero attached hydrogens (tertiary/aromatic N) is 2. The summed E-state index contributed by atoms with van der Waals surface area (Å²) in [4.78, 5) is 4.90. The molecule has 1 aliphatic rings. The number of para-hydroxylation sites is 2. The molecule has 0 bridgehead atoms. The molecule has 1 fully saturated rings. The smallest absolute Gasteiger partial charge is 0.123 e. The molecular formula is C19H20FN3. The predicted molar refractivity (Wildman–Crippen MR) is 90.1 cm³/mol. The molecule has 1 aliphatic heterocycles. The standard InChI is InChI=1S/C19H20FN3/c20-16-5-3-4-14(12-16)13-23-18-7-2-1-6-17(18)22-19(23)15-8-10-21-11-9-15/h1-7,12,15,21H,8-11,13H2. The number of benzene rings is 2. The molecule has 23 heavy (non-hydrogen) atoms. The topological polar surface area (TPSA) is 29.9 Å². The highest BCUT2D eigenvalue weighted by molar-refractivity contribution is 5.76. The Morgan fingerprint density at radius 3 is 2.74 bits per heavy atom. The van der Waals surface area contributed by atoms with Crippen molar-refractivity contribution in [3.63, 3.8) is 0 Å². The lowest BCUT2D eigenvalue weighted by molar-refractivity contribution is 0.435. The Labute approximate surface area is 135 Å². The molecule has 4 rings (SSSR count). The normalized spacial score (nSPS) is 16.0. The maximum atomic E-state index is 13.5. The first-order chi connectivity index (χ1) is 11.3. The average Bonchev–Trinajstić information content (AvgIpc) is 2.95. The SMILES string of the molecule is Fc1cccc(Cn2c(C3CCNCC3)nc3ccccc32)c1. The molecule has 0 spiro atoms. The van der Waals surface area contributed by atoms with Gasteiger partial charge in [-0.1, -0.05) is 24.3 Å². The number of piperidine rings is 1. The van der Waals surface area contributed by atoms with Crippen LogP contribution in [0.25, 0.3) is 11.0 Å². The molecule has 3 nitrogen and oxygen atoms in total. The number of aromatic nitrogens is 2. The van der Waals surface area contributed by atoms with E-state index in [0.717, 1.165) is 48.4 Å². The molecule has 1 N–H and O–H groups in total. The number of fused-ring (bicyclic) bond motifs is 1. The minimum atomic E-state index is -0.185.